The molecule has 0 aromatic heterocycles. The molecule has 4 nitrogen and oxygen atoms in total. The Balaban J connectivity index is 1.70. The largest absolute Gasteiger partial charge is 0.493 e. The van der Waals surface area contributed by atoms with Gasteiger partial charge < -0.3 is 15.4 Å². The molecule has 0 aliphatic carbocycles. The van der Waals surface area contributed by atoms with E-state index < -0.39 is 0 Å². The van der Waals surface area contributed by atoms with Crippen molar-refractivity contribution in [3.05, 3.63) is 23.8 Å². The number of nitrogens with one attached hydrogen (secondary N) is 2. The first kappa shape index (κ1) is 10.6. The van der Waals surface area contributed by atoms with Gasteiger partial charge in [0.15, 0.2) is 0 Å². The average Bonchev–Trinajstić information content (AvgIpc) is 2.99. The van der Waals surface area contributed by atoms with Gasteiger partial charge in [-0.25, -0.2) is 0 Å². The van der Waals surface area contributed by atoms with Crippen molar-refractivity contribution in [3.8, 4) is 5.75 Å². The number of carbonyl (C=O) groups is 1. The number of ether oxygens (including phenoxy) is 1. The van der Waals surface area contributed by atoms with Crippen LogP contribution in [0.1, 0.15) is 18.4 Å². The lowest BCUT2D eigenvalue weighted by Gasteiger charge is -2.11. The molecule has 1 aromatic rings. The van der Waals surface area contributed by atoms with E-state index in [4.69, 9.17) is 4.74 Å². The lowest BCUT2D eigenvalue weighted by molar-refractivity contribution is -0.117. The van der Waals surface area contributed by atoms with Crippen LogP contribution in [0.25, 0.3) is 0 Å². The van der Waals surface area contributed by atoms with Gasteiger partial charge >= 0.3 is 0 Å². The van der Waals surface area contributed by atoms with Crippen LogP contribution in [0.5, 0.6) is 5.75 Å². The zero-order chi connectivity index (χ0) is 11.7. The van der Waals surface area contributed by atoms with E-state index in [2.05, 4.69) is 10.6 Å². The summed E-state index contributed by atoms with van der Waals surface area (Å²) >= 11 is 0. The van der Waals surface area contributed by atoms with Crippen LogP contribution < -0.4 is 15.4 Å². The molecule has 0 unspecified atom stereocenters. The van der Waals surface area contributed by atoms with Crippen molar-refractivity contribution in [1.29, 1.82) is 0 Å². The summed E-state index contributed by atoms with van der Waals surface area (Å²) in [5.41, 5.74) is 2.05. The second kappa shape index (κ2) is 4.37. The first-order valence-electron chi connectivity index (χ1n) is 6.13. The van der Waals surface area contributed by atoms with Gasteiger partial charge in [0, 0.05) is 12.1 Å². The lowest BCUT2D eigenvalue weighted by Crippen LogP contribution is -2.35. The Bertz CT molecular complexity index is 439. The normalized spacial score (nSPS) is 22.0. The molecular formula is C13H16N2O2. The van der Waals surface area contributed by atoms with E-state index in [1.807, 2.05) is 18.2 Å². The quantitative estimate of drug-likeness (QED) is 0.808. The van der Waals surface area contributed by atoms with E-state index in [1.165, 1.54) is 5.56 Å². The molecule has 1 aromatic carbocycles. The van der Waals surface area contributed by atoms with Gasteiger partial charge in [-0.2, -0.15) is 0 Å². The van der Waals surface area contributed by atoms with E-state index in [1.54, 1.807) is 0 Å². The SMILES string of the molecule is O=C(Nc1ccc2c(c1)CCO2)[C@@H]1CCCN1. The standard InChI is InChI=1S/C13H16N2O2/c16-13(11-2-1-6-14-11)15-10-3-4-12-9(8-10)5-7-17-12/h3-4,8,11,14H,1-2,5-7H2,(H,15,16)/t11-/m0/s1. The van der Waals surface area contributed by atoms with Crippen molar-refractivity contribution in [2.75, 3.05) is 18.5 Å². The molecule has 1 fully saturated rings. The molecule has 90 valence electrons. The third-order valence-corrected chi connectivity index (χ3v) is 3.33. The molecule has 17 heavy (non-hydrogen) atoms. The molecule has 2 aliphatic heterocycles. The molecule has 2 aliphatic rings. The van der Waals surface area contributed by atoms with Crippen LogP contribution in [-0.4, -0.2) is 25.1 Å². The number of hydrogen-bond acceptors (Lipinski definition) is 3. The Labute approximate surface area is 100 Å². The van der Waals surface area contributed by atoms with E-state index >= 15 is 0 Å². The molecule has 1 atom stereocenters. The van der Waals surface area contributed by atoms with Crippen LogP contribution >= 0.6 is 0 Å². The lowest BCUT2D eigenvalue weighted by atomic mass is 10.1. The van der Waals surface area contributed by atoms with Crippen molar-refractivity contribution >= 4 is 11.6 Å². The Morgan fingerprint density at radius 2 is 2.41 bits per heavy atom. The number of rotatable bonds is 2. The zero-order valence-corrected chi connectivity index (χ0v) is 9.66. The number of amides is 1. The third-order valence-electron chi connectivity index (χ3n) is 3.33. The number of hydrogen-bond donors (Lipinski definition) is 2. The molecule has 2 heterocycles. The molecule has 1 amide bonds. The smallest absolute Gasteiger partial charge is 0.241 e. The molecule has 1 saturated heterocycles. The maximum atomic E-state index is 11.9. The molecule has 0 spiro atoms. The number of anilines is 1. The summed E-state index contributed by atoms with van der Waals surface area (Å²) in [4.78, 5) is 11.9. The summed E-state index contributed by atoms with van der Waals surface area (Å²) in [6, 6.07) is 5.81. The van der Waals surface area contributed by atoms with Crippen molar-refractivity contribution < 1.29 is 9.53 Å². The Hall–Kier alpha value is -1.55. The predicted molar refractivity (Wildman–Crippen MR) is 65.3 cm³/mol. The van der Waals surface area contributed by atoms with Crippen LogP contribution in [0, 0.1) is 0 Å². The summed E-state index contributed by atoms with van der Waals surface area (Å²) in [6.45, 7) is 1.69. The van der Waals surface area contributed by atoms with Crippen molar-refractivity contribution in [2.45, 2.75) is 25.3 Å². The zero-order valence-electron chi connectivity index (χ0n) is 9.66. The van der Waals surface area contributed by atoms with Gasteiger partial charge in [-0.15, -0.1) is 0 Å². The second-order valence-electron chi connectivity index (χ2n) is 4.56. The maximum absolute atomic E-state index is 11.9. The van der Waals surface area contributed by atoms with E-state index in [0.717, 1.165) is 43.9 Å². The average molecular weight is 232 g/mol. The second-order valence-corrected chi connectivity index (χ2v) is 4.56. The van der Waals surface area contributed by atoms with Gasteiger partial charge in [-0.3, -0.25) is 4.79 Å². The fraction of sp³-hybridized carbons (Fsp3) is 0.462. The van der Waals surface area contributed by atoms with Crippen LogP contribution in [0.15, 0.2) is 18.2 Å². The maximum Gasteiger partial charge on any atom is 0.241 e. The minimum Gasteiger partial charge on any atom is -0.493 e. The summed E-state index contributed by atoms with van der Waals surface area (Å²) in [6.07, 6.45) is 2.94. The summed E-state index contributed by atoms with van der Waals surface area (Å²) in [5, 5.41) is 6.15. The Morgan fingerprint density at radius 3 is 3.24 bits per heavy atom. The minimum absolute atomic E-state index is 0.0282. The predicted octanol–water partition coefficient (Wildman–Crippen LogP) is 1.31. The van der Waals surface area contributed by atoms with Crippen LogP contribution in [0.3, 0.4) is 0 Å². The molecule has 0 saturated carbocycles. The fourth-order valence-corrected chi connectivity index (χ4v) is 2.40. The molecule has 3 rings (SSSR count). The Morgan fingerprint density at radius 1 is 1.47 bits per heavy atom. The van der Waals surface area contributed by atoms with Crippen molar-refractivity contribution in [2.24, 2.45) is 0 Å². The highest BCUT2D eigenvalue weighted by atomic mass is 16.5. The van der Waals surface area contributed by atoms with Gasteiger partial charge in [-0.1, -0.05) is 0 Å². The number of carbonyl (C=O) groups excluding carboxylic acids is 1. The topological polar surface area (TPSA) is 50.4 Å². The van der Waals surface area contributed by atoms with Crippen molar-refractivity contribution in [1.82, 2.24) is 5.32 Å². The third kappa shape index (κ3) is 2.13. The van der Waals surface area contributed by atoms with Crippen LogP contribution in [0.4, 0.5) is 5.69 Å². The monoisotopic (exact) mass is 232 g/mol. The van der Waals surface area contributed by atoms with Gasteiger partial charge in [0.05, 0.1) is 12.6 Å². The minimum atomic E-state index is -0.0282. The summed E-state index contributed by atoms with van der Waals surface area (Å²) < 4.78 is 5.43. The van der Waals surface area contributed by atoms with Gasteiger partial charge in [0.25, 0.3) is 0 Å². The highest BCUT2D eigenvalue weighted by Gasteiger charge is 2.22. The van der Waals surface area contributed by atoms with Crippen LogP contribution in [-0.2, 0) is 11.2 Å². The van der Waals surface area contributed by atoms with Crippen molar-refractivity contribution in [3.63, 3.8) is 0 Å². The molecular weight excluding hydrogens is 216 g/mol. The summed E-state index contributed by atoms with van der Waals surface area (Å²) in [7, 11) is 0. The van der Waals surface area contributed by atoms with Gasteiger partial charge in [0.1, 0.15) is 5.75 Å². The van der Waals surface area contributed by atoms with E-state index in [9.17, 15) is 4.79 Å². The number of benzene rings is 1. The Kier molecular flexibility index (Phi) is 2.73. The first-order chi connectivity index (χ1) is 8.33. The molecule has 2 N–H and O–H groups in total. The first-order valence-corrected chi connectivity index (χ1v) is 6.13. The van der Waals surface area contributed by atoms with Gasteiger partial charge in [0.2, 0.25) is 5.91 Å². The van der Waals surface area contributed by atoms with E-state index in [-0.39, 0.29) is 11.9 Å². The summed E-state index contributed by atoms with van der Waals surface area (Å²) in [5.74, 6) is 1.02. The molecule has 0 bridgehead atoms. The fourth-order valence-electron chi connectivity index (χ4n) is 2.40. The highest BCUT2D eigenvalue weighted by Crippen LogP contribution is 2.27. The van der Waals surface area contributed by atoms with Gasteiger partial charge in [-0.05, 0) is 43.1 Å². The van der Waals surface area contributed by atoms with E-state index in [0.29, 0.717) is 0 Å². The molecule has 0 radical (unpaired) electrons. The number of fused-ring (bicyclic) bond motifs is 1. The highest BCUT2D eigenvalue weighted by molar-refractivity contribution is 5.95. The van der Waals surface area contributed by atoms with Crippen LogP contribution in [0.2, 0.25) is 0 Å². The molecule has 4 heteroatoms.